The molecule has 0 aromatic carbocycles. The third-order valence-corrected chi connectivity index (χ3v) is 7.57. The molecule has 9 nitrogen and oxygen atoms in total. The molecule has 2 atom stereocenters. The summed E-state index contributed by atoms with van der Waals surface area (Å²) in [7, 11) is 3.18. The van der Waals surface area contributed by atoms with Crippen LogP contribution in [0.5, 0.6) is 0 Å². The van der Waals surface area contributed by atoms with Gasteiger partial charge in [0.05, 0.1) is 13.0 Å². The Hall–Kier alpha value is -2.49. The number of nitrogens with one attached hydrogen (secondary N) is 1. The van der Waals surface area contributed by atoms with Gasteiger partial charge in [0.1, 0.15) is 10.7 Å². The molecule has 10 heteroatoms. The highest BCUT2D eigenvalue weighted by molar-refractivity contribution is 7.09. The smallest absolute Gasteiger partial charge is 0.308 e. The zero-order valence-electron chi connectivity index (χ0n) is 22.5. The summed E-state index contributed by atoms with van der Waals surface area (Å²) < 4.78 is 10.4. The van der Waals surface area contributed by atoms with Crippen molar-refractivity contribution in [3.05, 3.63) is 16.1 Å². The first kappa shape index (κ1) is 29.7. The SMILES string of the molecule is COC(=O)C1CCC(NC(=O)c2csc([C@@H](C[C@H](C(C)C)N(C)C(=O)CC(C)C)OC(C)=O)n2)CC1. The summed E-state index contributed by atoms with van der Waals surface area (Å²) in [4.78, 5) is 55.4. The van der Waals surface area contributed by atoms with Gasteiger partial charge in [-0.2, -0.15) is 0 Å². The van der Waals surface area contributed by atoms with Gasteiger partial charge in [0.2, 0.25) is 5.91 Å². The van der Waals surface area contributed by atoms with Crippen molar-refractivity contribution in [2.45, 2.75) is 91.3 Å². The molecule has 1 saturated carbocycles. The van der Waals surface area contributed by atoms with Crippen molar-refractivity contribution in [2.75, 3.05) is 14.2 Å². The quantitative estimate of drug-likeness (QED) is 0.434. The van der Waals surface area contributed by atoms with Crippen LogP contribution in [-0.4, -0.2) is 59.9 Å². The maximum Gasteiger partial charge on any atom is 0.308 e. The number of amides is 2. The topological polar surface area (TPSA) is 115 Å². The van der Waals surface area contributed by atoms with Crippen LogP contribution in [0.25, 0.3) is 0 Å². The van der Waals surface area contributed by atoms with Crippen LogP contribution >= 0.6 is 11.3 Å². The van der Waals surface area contributed by atoms with Crippen LogP contribution in [0.2, 0.25) is 0 Å². The van der Waals surface area contributed by atoms with E-state index in [9.17, 15) is 19.2 Å². The molecular weight excluding hydrogens is 482 g/mol. The van der Waals surface area contributed by atoms with Crippen molar-refractivity contribution in [1.82, 2.24) is 15.2 Å². The Morgan fingerprint density at radius 2 is 1.78 bits per heavy atom. The number of thiazole rings is 1. The van der Waals surface area contributed by atoms with Crippen molar-refractivity contribution in [2.24, 2.45) is 17.8 Å². The molecule has 0 unspecified atom stereocenters. The first-order valence-electron chi connectivity index (χ1n) is 12.7. The number of methoxy groups -OCH3 is 1. The van der Waals surface area contributed by atoms with Crippen LogP contribution in [0.4, 0.5) is 0 Å². The van der Waals surface area contributed by atoms with Crippen LogP contribution in [0.15, 0.2) is 5.38 Å². The predicted molar refractivity (Wildman–Crippen MR) is 137 cm³/mol. The zero-order chi connectivity index (χ0) is 27.0. The summed E-state index contributed by atoms with van der Waals surface area (Å²) in [5.74, 6) is -0.617. The second kappa shape index (κ2) is 13.7. The Morgan fingerprint density at radius 1 is 1.14 bits per heavy atom. The largest absolute Gasteiger partial charge is 0.469 e. The summed E-state index contributed by atoms with van der Waals surface area (Å²) in [5.41, 5.74) is 0.271. The predicted octanol–water partition coefficient (Wildman–Crippen LogP) is 4.13. The Morgan fingerprint density at radius 3 is 2.31 bits per heavy atom. The Bertz CT molecular complexity index is 907. The second-order valence-corrected chi connectivity index (χ2v) is 11.3. The molecule has 2 rings (SSSR count). The summed E-state index contributed by atoms with van der Waals surface area (Å²) in [6.07, 6.45) is 2.93. The first-order valence-corrected chi connectivity index (χ1v) is 13.6. The summed E-state index contributed by atoms with van der Waals surface area (Å²) in [5, 5.41) is 5.20. The molecule has 0 aliphatic heterocycles. The van der Waals surface area contributed by atoms with Crippen molar-refractivity contribution in [1.29, 1.82) is 0 Å². The second-order valence-electron chi connectivity index (χ2n) is 10.4. The number of carbonyl (C=O) groups excluding carboxylic acids is 4. The minimum Gasteiger partial charge on any atom is -0.469 e. The molecule has 1 aromatic heterocycles. The van der Waals surface area contributed by atoms with Crippen LogP contribution in [-0.2, 0) is 23.9 Å². The van der Waals surface area contributed by atoms with Gasteiger partial charge < -0.3 is 19.7 Å². The normalized spacial score (nSPS) is 19.5. The standard InChI is InChI=1S/C26H41N3O6S/c1-15(2)12-23(31)29(6)21(16(3)4)13-22(35-17(5)30)25-28-20(14-36-25)24(32)27-19-10-8-18(9-11-19)26(33)34-7/h14-16,18-19,21-22H,8-13H2,1-7H3,(H,27,32)/t18?,19?,21-,22-/m1/s1. The highest BCUT2D eigenvalue weighted by Crippen LogP contribution is 2.31. The Balaban J connectivity index is 2.09. The Kier molecular flexibility index (Phi) is 11.3. The van der Waals surface area contributed by atoms with Gasteiger partial charge in [-0.3, -0.25) is 19.2 Å². The van der Waals surface area contributed by atoms with E-state index in [-0.39, 0.29) is 53.3 Å². The average molecular weight is 524 g/mol. The fourth-order valence-corrected chi connectivity index (χ4v) is 5.45. The lowest BCUT2D eigenvalue weighted by Crippen LogP contribution is -2.42. The van der Waals surface area contributed by atoms with Gasteiger partial charge >= 0.3 is 11.9 Å². The van der Waals surface area contributed by atoms with Crippen LogP contribution < -0.4 is 5.32 Å². The number of rotatable bonds is 11. The molecule has 202 valence electrons. The summed E-state index contributed by atoms with van der Waals surface area (Å²) >= 11 is 1.27. The van der Waals surface area contributed by atoms with Gasteiger partial charge in [0.25, 0.3) is 5.91 Å². The summed E-state index contributed by atoms with van der Waals surface area (Å²) in [6.45, 7) is 9.42. The lowest BCUT2D eigenvalue weighted by molar-refractivity contribution is -0.149. The van der Waals surface area contributed by atoms with Crippen LogP contribution in [0.1, 0.15) is 94.7 Å². The molecule has 1 aromatic rings. The monoisotopic (exact) mass is 523 g/mol. The molecule has 0 bridgehead atoms. The van der Waals surface area contributed by atoms with E-state index >= 15 is 0 Å². The van der Waals surface area contributed by atoms with E-state index in [2.05, 4.69) is 10.3 Å². The van der Waals surface area contributed by atoms with E-state index in [0.717, 1.165) is 0 Å². The van der Waals surface area contributed by atoms with E-state index in [4.69, 9.17) is 9.47 Å². The van der Waals surface area contributed by atoms with Crippen molar-refractivity contribution in [3.63, 3.8) is 0 Å². The van der Waals surface area contributed by atoms with Gasteiger partial charge in [-0.1, -0.05) is 27.7 Å². The number of carbonyl (C=O) groups is 4. The van der Waals surface area contributed by atoms with Crippen LogP contribution in [0.3, 0.4) is 0 Å². The molecule has 0 saturated heterocycles. The fourth-order valence-electron chi connectivity index (χ4n) is 4.61. The van der Waals surface area contributed by atoms with E-state index in [1.54, 1.807) is 17.3 Å². The number of esters is 2. The number of aromatic nitrogens is 1. The van der Waals surface area contributed by atoms with Gasteiger partial charge in [-0.05, 0) is 37.5 Å². The average Bonchev–Trinajstić information content (AvgIpc) is 3.31. The number of hydrogen-bond donors (Lipinski definition) is 1. The molecule has 1 heterocycles. The Labute approximate surface area is 218 Å². The van der Waals surface area contributed by atoms with E-state index in [0.29, 0.717) is 43.5 Å². The number of nitrogens with zero attached hydrogens (tertiary/aromatic N) is 2. The third-order valence-electron chi connectivity index (χ3n) is 6.63. The molecule has 1 aliphatic carbocycles. The molecule has 0 radical (unpaired) electrons. The van der Waals surface area contributed by atoms with Crippen molar-refractivity contribution >= 4 is 35.1 Å². The van der Waals surface area contributed by atoms with E-state index in [1.165, 1.54) is 25.4 Å². The van der Waals surface area contributed by atoms with Crippen molar-refractivity contribution in [3.8, 4) is 0 Å². The maximum absolute atomic E-state index is 12.9. The van der Waals surface area contributed by atoms with Crippen molar-refractivity contribution < 1.29 is 28.7 Å². The molecule has 1 fully saturated rings. The highest BCUT2D eigenvalue weighted by atomic mass is 32.1. The molecule has 1 N–H and O–H groups in total. The zero-order valence-corrected chi connectivity index (χ0v) is 23.4. The fraction of sp³-hybridized carbons (Fsp3) is 0.731. The lowest BCUT2D eigenvalue weighted by atomic mass is 9.86. The highest BCUT2D eigenvalue weighted by Gasteiger charge is 2.32. The third kappa shape index (κ3) is 8.57. The molecular formula is C26H41N3O6S. The molecule has 36 heavy (non-hydrogen) atoms. The number of hydrogen-bond acceptors (Lipinski definition) is 8. The van der Waals surface area contributed by atoms with Crippen LogP contribution in [0, 0.1) is 17.8 Å². The van der Waals surface area contributed by atoms with Gasteiger partial charge in [0.15, 0.2) is 6.10 Å². The van der Waals surface area contributed by atoms with E-state index in [1.807, 2.05) is 27.7 Å². The minimum atomic E-state index is -0.661. The van der Waals surface area contributed by atoms with Gasteiger partial charge in [-0.15, -0.1) is 11.3 Å². The van der Waals surface area contributed by atoms with E-state index < -0.39 is 12.1 Å². The molecule has 2 amide bonds. The molecule has 1 aliphatic rings. The minimum absolute atomic E-state index is 0.0289. The summed E-state index contributed by atoms with van der Waals surface area (Å²) in [6, 6.07) is -0.189. The van der Waals surface area contributed by atoms with Gasteiger partial charge in [-0.25, -0.2) is 4.98 Å². The number of ether oxygens (including phenoxy) is 2. The lowest BCUT2D eigenvalue weighted by Gasteiger charge is -2.34. The first-order chi connectivity index (χ1) is 16.9. The maximum atomic E-state index is 12.9. The molecule has 0 spiro atoms. The van der Waals surface area contributed by atoms with Gasteiger partial charge in [0, 0.05) is 44.3 Å².